The number of hydrogen-bond acceptors (Lipinski definition) is 1. The predicted octanol–water partition coefficient (Wildman–Crippen LogP) is 1.97. The van der Waals surface area contributed by atoms with Gasteiger partial charge < -0.3 is 4.74 Å². The highest BCUT2D eigenvalue weighted by atomic mass is 35.5. The van der Waals surface area contributed by atoms with Crippen molar-refractivity contribution in [3.8, 4) is 0 Å². The van der Waals surface area contributed by atoms with E-state index in [9.17, 15) is 0 Å². The minimum Gasteiger partial charge on any atom is -0.375 e. The Morgan fingerprint density at radius 3 is 2.38 bits per heavy atom. The lowest BCUT2D eigenvalue weighted by Gasteiger charge is -1.96. The van der Waals surface area contributed by atoms with Gasteiger partial charge in [0.1, 0.15) is 4.33 Å². The Kier molecular flexibility index (Phi) is 1.71. The van der Waals surface area contributed by atoms with Crippen LogP contribution in [0.4, 0.5) is 0 Å². The van der Waals surface area contributed by atoms with Crippen LogP contribution in [0.1, 0.15) is 13.3 Å². The minimum atomic E-state index is -0.560. The van der Waals surface area contributed by atoms with Crippen LogP contribution in [0.5, 0.6) is 0 Å². The number of alkyl halides is 2. The molecule has 8 heavy (non-hydrogen) atoms. The van der Waals surface area contributed by atoms with Crippen LogP contribution in [0.3, 0.4) is 0 Å². The summed E-state index contributed by atoms with van der Waals surface area (Å²) in [6.45, 7) is 2.63. The Balaban J connectivity index is 2.17. The molecule has 0 spiro atoms. The Morgan fingerprint density at radius 2 is 2.25 bits per heavy atom. The van der Waals surface area contributed by atoms with Crippen LogP contribution in [0, 0.1) is 0 Å². The summed E-state index contributed by atoms with van der Waals surface area (Å²) >= 11 is 11.3. The van der Waals surface area contributed by atoms with E-state index in [1.54, 1.807) is 0 Å². The monoisotopic (exact) mass is 154 g/mol. The van der Waals surface area contributed by atoms with E-state index < -0.39 is 4.33 Å². The minimum absolute atomic E-state index is 0.0934. The third-order valence-corrected chi connectivity index (χ3v) is 1.93. The van der Waals surface area contributed by atoms with E-state index in [1.807, 2.05) is 6.92 Å². The standard InChI is InChI=1S/C5H8Cl2O/c1-2-8-4-3-5(4,6)7/h4H,2-3H2,1H3/t4-/m1/s1. The van der Waals surface area contributed by atoms with E-state index in [0.29, 0.717) is 6.61 Å². The molecule has 1 fully saturated rings. The number of ether oxygens (including phenoxy) is 1. The molecule has 0 unspecified atom stereocenters. The summed E-state index contributed by atoms with van der Waals surface area (Å²) in [5, 5.41) is 0. The fourth-order valence-electron chi connectivity index (χ4n) is 0.570. The predicted molar refractivity (Wildman–Crippen MR) is 34.5 cm³/mol. The van der Waals surface area contributed by atoms with Gasteiger partial charge in [0.2, 0.25) is 0 Å². The molecule has 48 valence electrons. The van der Waals surface area contributed by atoms with Gasteiger partial charge in [-0.2, -0.15) is 0 Å². The van der Waals surface area contributed by atoms with Crippen molar-refractivity contribution in [1.82, 2.24) is 0 Å². The molecule has 3 heteroatoms. The molecule has 0 bridgehead atoms. The molecule has 1 atom stereocenters. The average molecular weight is 155 g/mol. The SMILES string of the molecule is CCO[C@@H]1CC1(Cl)Cl. The first-order chi connectivity index (χ1) is 3.67. The van der Waals surface area contributed by atoms with Crippen LogP contribution in [0.15, 0.2) is 0 Å². The molecule has 0 saturated heterocycles. The van der Waals surface area contributed by atoms with Gasteiger partial charge in [-0.1, -0.05) is 23.2 Å². The summed E-state index contributed by atoms with van der Waals surface area (Å²) in [5.74, 6) is 0. The Labute approximate surface area is 58.9 Å². The van der Waals surface area contributed by atoms with Gasteiger partial charge in [0.05, 0.1) is 6.10 Å². The molecular weight excluding hydrogens is 147 g/mol. The molecule has 0 aromatic carbocycles. The first kappa shape index (κ1) is 6.66. The van der Waals surface area contributed by atoms with Crippen molar-refractivity contribution in [1.29, 1.82) is 0 Å². The third-order valence-electron chi connectivity index (χ3n) is 1.14. The molecule has 0 aromatic rings. The number of halogens is 2. The lowest BCUT2D eigenvalue weighted by Crippen LogP contribution is -2.00. The summed E-state index contributed by atoms with van der Waals surface area (Å²) in [7, 11) is 0. The zero-order chi connectivity index (χ0) is 6.20. The normalized spacial score (nSPS) is 32.6. The summed E-state index contributed by atoms with van der Waals surface area (Å²) in [5.41, 5.74) is 0. The van der Waals surface area contributed by atoms with Crippen LogP contribution in [0.2, 0.25) is 0 Å². The maximum atomic E-state index is 5.63. The largest absolute Gasteiger partial charge is 0.375 e. The van der Waals surface area contributed by atoms with Crippen molar-refractivity contribution >= 4 is 23.2 Å². The number of rotatable bonds is 2. The van der Waals surface area contributed by atoms with E-state index in [2.05, 4.69) is 0 Å². The second kappa shape index (κ2) is 2.05. The van der Waals surface area contributed by atoms with Gasteiger partial charge in [-0.05, 0) is 6.92 Å². The van der Waals surface area contributed by atoms with Gasteiger partial charge in [0.15, 0.2) is 0 Å². The molecule has 1 nitrogen and oxygen atoms in total. The molecule has 1 rings (SSSR count). The van der Waals surface area contributed by atoms with Crippen molar-refractivity contribution in [3.05, 3.63) is 0 Å². The molecule has 1 aliphatic carbocycles. The van der Waals surface area contributed by atoms with Crippen molar-refractivity contribution < 1.29 is 4.74 Å². The van der Waals surface area contributed by atoms with E-state index in [4.69, 9.17) is 27.9 Å². The second-order valence-corrected chi connectivity index (χ2v) is 3.45. The van der Waals surface area contributed by atoms with Gasteiger partial charge in [0, 0.05) is 13.0 Å². The van der Waals surface area contributed by atoms with Crippen LogP contribution >= 0.6 is 23.2 Å². The fraction of sp³-hybridized carbons (Fsp3) is 1.00. The summed E-state index contributed by atoms with van der Waals surface area (Å²) < 4.78 is 4.54. The summed E-state index contributed by atoms with van der Waals surface area (Å²) in [4.78, 5) is 0. The van der Waals surface area contributed by atoms with E-state index in [1.165, 1.54) is 0 Å². The molecule has 0 aliphatic heterocycles. The maximum Gasteiger partial charge on any atom is 0.146 e. The molecule has 1 saturated carbocycles. The topological polar surface area (TPSA) is 9.23 Å². The fourth-order valence-corrected chi connectivity index (χ4v) is 0.977. The van der Waals surface area contributed by atoms with Gasteiger partial charge in [-0.25, -0.2) is 0 Å². The van der Waals surface area contributed by atoms with Crippen LogP contribution in [-0.2, 0) is 4.74 Å². The highest BCUT2D eigenvalue weighted by Gasteiger charge is 2.52. The lowest BCUT2D eigenvalue weighted by molar-refractivity contribution is 0.131. The first-order valence-corrected chi connectivity index (χ1v) is 3.42. The van der Waals surface area contributed by atoms with E-state index in [0.717, 1.165) is 6.42 Å². The first-order valence-electron chi connectivity index (χ1n) is 2.66. The Bertz CT molecular complexity index is 92.4. The van der Waals surface area contributed by atoms with E-state index in [-0.39, 0.29) is 6.10 Å². The zero-order valence-electron chi connectivity index (χ0n) is 4.66. The van der Waals surface area contributed by atoms with Crippen LogP contribution in [-0.4, -0.2) is 17.0 Å². The van der Waals surface area contributed by atoms with Crippen molar-refractivity contribution in [2.75, 3.05) is 6.61 Å². The van der Waals surface area contributed by atoms with Crippen molar-refractivity contribution in [2.45, 2.75) is 23.8 Å². The van der Waals surface area contributed by atoms with Crippen molar-refractivity contribution in [3.63, 3.8) is 0 Å². The van der Waals surface area contributed by atoms with Gasteiger partial charge in [0.25, 0.3) is 0 Å². The number of hydrogen-bond donors (Lipinski definition) is 0. The molecule has 0 aromatic heterocycles. The second-order valence-electron chi connectivity index (χ2n) is 1.91. The smallest absolute Gasteiger partial charge is 0.146 e. The highest BCUT2D eigenvalue weighted by molar-refractivity contribution is 6.51. The quantitative estimate of drug-likeness (QED) is 0.554. The molecule has 0 heterocycles. The summed E-state index contributed by atoms with van der Waals surface area (Å²) in [6.07, 6.45) is 0.875. The molecule has 0 amide bonds. The van der Waals surface area contributed by atoms with Gasteiger partial charge in [-0.3, -0.25) is 0 Å². The van der Waals surface area contributed by atoms with Crippen LogP contribution < -0.4 is 0 Å². The molecule has 1 aliphatic rings. The average Bonchev–Trinajstić information content (AvgIpc) is 2.15. The maximum absolute atomic E-state index is 5.63. The van der Waals surface area contributed by atoms with E-state index >= 15 is 0 Å². The molecular formula is C5H8Cl2O. The van der Waals surface area contributed by atoms with Gasteiger partial charge in [-0.15, -0.1) is 0 Å². The zero-order valence-corrected chi connectivity index (χ0v) is 6.17. The van der Waals surface area contributed by atoms with Crippen LogP contribution in [0.25, 0.3) is 0 Å². The molecule has 0 N–H and O–H groups in total. The van der Waals surface area contributed by atoms with Crippen molar-refractivity contribution in [2.24, 2.45) is 0 Å². The Hall–Kier alpha value is 0.540. The third kappa shape index (κ3) is 1.28. The highest BCUT2D eigenvalue weighted by Crippen LogP contribution is 2.48. The van der Waals surface area contributed by atoms with Gasteiger partial charge >= 0.3 is 0 Å². The lowest BCUT2D eigenvalue weighted by atomic mass is 10.8. The Morgan fingerprint density at radius 1 is 1.75 bits per heavy atom. The summed E-state index contributed by atoms with van der Waals surface area (Å²) in [6, 6.07) is 0. The molecule has 0 radical (unpaired) electrons.